The van der Waals surface area contributed by atoms with E-state index in [-0.39, 0.29) is 11.9 Å². The monoisotopic (exact) mass is 283 g/mol. The first-order valence-electron chi connectivity index (χ1n) is 7.55. The maximum Gasteiger partial charge on any atom is 0.326 e. The Hall–Kier alpha value is -1.30. The maximum absolute atomic E-state index is 12.1. The SMILES string of the molecule is CCC(C)N1CCN(C(=O)NC(C(=O)O)C2CC2)CC1. The number of amides is 2. The van der Waals surface area contributed by atoms with Crippen molar-refractivity contribution in [3.8, 4) is 0 Å². The molecule has 2 N–H and O–H groups in total. The fourth-order valence-electron chi connectivity index (χ4n) is 2.66. The molecule has 0 aromatic carbocycles. The van der Waals surface area contributed by atoms with Crippen LogP contribution >= 0.6 is 0 Å². The summed E-state index contributed by atoms with van der Waals surface area (Å²) < 4.78 is 0. The number of urea groups is 1. The van der Waals surface area contributed by atoms with Crippen molar-refractivity contribution in [2.75, 3.05) is 26.2 Å². The molecule has 2 unspecified atom stereocenters. The summed E-state index contributed by atoms with van der Waals surface area (Å²) in [5, 5.41) is 11.8. The van der Waals surface area contributed by atoms with Gasteiger partial charge in [-0.1, -0.05) is 6.92 Å². The van der Waals surface area contributed by atoms with E-state index in [9.17, 15) is 9.59 Å². The first kappa shape index (κ1) is 15.1. The number of nitrogens with zero attached hydrogens (tertiary/aromatic N) is 2. The molecule has 6 nitrogen and oxygen atoms in total. The Morgan fingerprint density at radius 2 is 1.85 bits per heavy atom. The van der Waals surface area contributed by atoms with Gasteiger partial charge >= 0.3 is 12.0 Å². The van der Waals surface area contributed by atoms with Gasteiger partial charge in [-0.2, -0.15) is 0 Å². The average molecular weight is 283 g/mol. The number of hydrogen-bond acceptors (Lipinski definition) is 3. The van der Waals surface area contributed by atoms with Gasteiger partial charge in [0.25, 0.3) is 0 Å². The minimum atomic E-state index is -0.918. The molecule has 1 saturated heterocycles. The van der Waals surface area contributed by atoms with E-state index < -0.39 is 12.0 Å². The smallest absolute Gasteiger partial charge is 0.326 e. The summed E-state index contributed by atoms with van der Waals surface area (Å²) in [6.45, 7) is 7.44. The van der Waals surface area contributed by atoms with Gasteiger partial charge in [0.1, 0.15) is 6.04 Å². The van der Waals surface area contributed by atoms with Crippen molar-refractivity contribution in [1.29, 1.82) is 0 Å². The fraction of sp³-hybridized carbons (Fsp3) is 0.857. The van der Waals surface area contributed by atoms with Gasteiger partial charge in [0, 0.05) is 32.2 Å². The van der Waals surface area contributed by atoms with E-state index in [0.717, 1.165) is 32.4 Å². The van der Waals surface area contributed by atoms with Gasteiger partial charge in [0.2, 0.25) is 0 Å². The van der Waals surface area contributed by atoms with Crippen LogP contribution in [0.1, 0.15) is 33.1 Å². The van der Waals surface area contributed by atoms with Crippen LogP contribution in [-0.2, 0) is 4.79 Å². The largest absolute Gasteiger partial charge is 0.480 e. The Balaban J connectivity index is 1.80. The lowest BCUT2D eigenvalue weighted by molar-refractivity contribution is -0.139. The van der Waals surface area contributed by atoms with Crippen LogP contribution in [0.2, 0.25) is 0 Å². The van der Waals surface area contributed by atoms with E-state index in [1.165, 1.54) is 0 Å². The third kappa shape index (κ3) is 3.62. The van der Waals surface area contributed by atoms with E-state index >= 15 is 0 Å². The Bertz CT molecular complexity index is 363. The van der Waals surface area contributed by atoms with E-state index in [2.05, 4.69) is 24.1 Å². The molecule has 0 radical (unpaired) electrons. The first-order valence-corrected chi connectivity index (χ1v) is 7.55. The van der Waals surface area contributed by atoms with Crippen LogP contribution in [0.3, 0.4) is 0 Å². The van der Waals surface area contributed by atoms with Crippen molar-refractivity contribution < 1.29 is 14.7 Å². The molecule has 1 aliphatic heterocycles. The topological polar surface area (TPSA) is 72.9 Å². The molecule has 6 heteroatoms. The number of piperazine rings is 1. The normalized spacial score (nSPS) is 23.2. The predicted octanol–water partition coefficient (Wildman–Crippen LogP) is 0.975. The molecule has 1 heterocycles. The molecule has 0 aromatic heterocycles. The van der Waals surface area contributed by atoms with Gasteiger partial charge in [-0.05, 0) is 32.1 Å². The van der Waals surface area contributed by atoms with Gasteiger partial charge < -0.3 is 15.3 Å². The molecule has 2 amide bonds. The number of carboxylic acid groups (broad SMARTS) is 1. The summed E-state index contributed by atoms with van der Waals surface area (Å²) in [4.78, 5) is 27.4. The average Bonchev–Trinajstić information content (AvgIpc) is 3.28. The van der Waals surface area contributed by atoms with Gasteiger partial charge in [-0.3, -0.25) is 4.90 Å². The fourth-order valence-corrected chi connectivity index (χ4v) is 2.66. The Labute approximate surface area is 120 Å². The van der Waals surface area contributed by atoms with Crippen molar-refractivity contribution >= 4 is 12.0 Å². The summed E-state index contributed by atoms with van der Waals surface area (Å²) in [6, 6.07) is -0.401. The van der Waals surface area contributed by atoms with Crippen molar-refractivity contribution in [3.63, 3.8) is 0 Å². The van der Waals surface area contributed by atoms with E-state index in [4.69, 9.17) is 5.11 Å². The zero-order valence-electron chi connectivity index (χ0n) is 12.3. The van der Waals surface area contributed by atoms with Gasteiger partial charge in [-0.25, -0.2) is 9.59 Å². The zero-order chi connectivity index (χ0) is 14.7. The summed E-state index contributed by atoms with van der Waals surface area (Å²) >= 11 is 0. The quantitative estimate of drug-likeness (QED) is 0.789. The van der Waals surface area contributed by atoms with Gasteiger partial charge in [0.15, 0.2) is 0 Å². The second kappa shape index (κ2) is 6.43. The minimum absolute atomic E-state index is 0.123. The van der Waals surface area contributed by atoms with Gasteiger partial charge in [-0.15, -0.1) is 0 Å². The molecule has 1 aliphatic carbocycles. The summed E-state index contributed by atoms with van der Waals surface area (Å²) in [5.41, 5.74) is 0. The Morgan fingerprint density at radius 3 is 2.30 bits per heavy atom. The van der Waals surface area contributed by atoms with E-state index in [1.807, 2.05) is 0 Å². The molecular weight excluding hydrogens is 258 g/mol. The van der Waals surface area contributed by atoms with Crippen LogP contribution in [0.5, 0.6) is 0 Å². The Kier molecular flexibility index (Phi) is 4.86. The lowest BCUT2D eigenvalue weighted by Gasteiger charge is -2.38. The van der Waals surface area contributed by atoms with Crippen molar-refractivity contribution in [2.45, 2.75) is 45.2 Å². The van der Waals surface area contributed by atoms with Crippen molar-refractivity contribution in [3.05, 3.63) is 0 Å². The molecule has 20 heavy (non-hydrogen) atoms. The molecule has 2 aliphatic rings. The highest BCUT2D eigenvalue weighted by Crippen LogP contribution is 2.32. The number of carbonyl (C=O) groups is 2. The summed E-state index contributed by atoms with van der Waals surface area (Å²) in [6.07, 6.45) is 2.91. The lowest BCUT2D eigenvalue weighted by Crippen LogP contribution is -2.56. The highest BCUT2D eigenvalue weighted by atomic mass is 16.4. The van der Waals surface area contributed by atoms with E-state index in [1.54, 1.807) is 4.90 Å². The zero-order valence-corrected chi connectivity index (χ0v) is 12.3. The van der Waals surface area contributed by atoms with Crippen molar-refractivity contribution in [1.82, 2.24) is 15.1 Å². The van der Waals surface area contributed by atoms with Crippen LogP contribution in [-0.4, -0.2) is 65.2 Å². The maximum atomic E-state index is 12.1. The highest BCUT2D eigenvalue weighted by molar-refractivity contribution is 5.83. The Morgan fingerprint density at radius 1 is 1.25 bits per heavy atom. The third-order valence-electron chi connectivity index (χ3n) is 4.45. The number of nitrogens with one attached hydrogen (secondary N) is 1. The molecule has 0 aromatic rings. The first-order chi connectivity index (χ1) is 9.52. The number of aliphatic carboxylic acids is 1. The number of hydrogen-bond donors (Lipinski definition) is 2. The molecule has 2 fully saturated rings. The number of carbonyl (C=O) groups excluding carboxylic acids is 1. The van der Waals surface area contributed by atoms with Crippen LogP contribution < -0.4 is 5.32 Å². The number of rotatable bonds is 5. The summed E-state index contributed by atoms with van der Waals surface area (Å²) in [7, 11) is 0. The standard InChI is InChI=1S/C14H25N3O3/c1-3-10(2)16-6-8-17(9-7-16)14(20)15-12(13(18)19)11-4-5-11/h10-12H,3-9H2,1-2H3,(H,15,20)(H,18,19). The molecule has 1 saturated carbocycles. The number of carboxylic acids is 1. The molecular formula is C14H25N3O3. The third-order valence-corrected chi connectivity index (χ3v) is 4.45. The molecule has 2 rings (SSSR count). The van der Waals surface area contributed by atoms with Gasteiger partial charge in [0.05, 0.1) is 0 Å². The van der Waals surface area contributed by atoms with Crippen molar-refractivity contribution in [2.24, 2.45) is 5.92 Å². The second-order valence-corrected chi connectivity index (χ2v) is 5.88. The van der Waals surface area contributed by atoms with Crippen LogP contribution in [0.15, 0.2) is 0 Å². The predicted molar refractivity (Wildman–Crippen MR) is 75.6 cm³/mol. The summed E-state index contributed by atoms with van der Waals surface area (Å²) in [5.74, 6) is -0.794. The highest BCUT2D eigenvalue weighted by Gasteiger charge is 2.38. The minimum Gasteiger partial charge on any atom is -0.480 e. The van der Waals surface area contributed by atoms with Crippen LogP contribution in [0, 0.1) is 5.92 Å². The van der Waals surface area contributed by atoms with Crippen LogP contribution in [0.4, 0.5) is 4.79 Å². The molecule has 0 bridgehead atoms. The molecule has 114 valence electrons. The lowest BCUT2D eigenvalue weighted by atomic mass is 10.2. The molecule has 2 atom stereocenters. The molecule has 0 spiro atoms. The van der Waals surface area contributed by atoms with Crippen LogP contribution in [0.25, 0.3) is 0 Å². The van der Waals surface area contributed by atoms with E-state index in [0.29, 0.717) is 19.1 Å². The second-order valence-electron chi connectivity index (χ2n) is 5.88.